The molecule has 1 aliphatic carbocycles. The second-order valence-electron chi connectivity index (χ2n) is 6.55. The van der Waals surface area contributed by atoms with Gasteiger partial charge < -0.3 is 10.2 Å². The van der Waals surface area contributed by atoms with Gasteiger partial charge in [0.2, 0.25) is 0 Å². The zero-order valence-electron chi connectivity index (χ0n) is 14.0. The number of rotatable bonds is 3. The largest absolute Gasteiger partial charge is 0.369 e. The minimum Gasteiger partial charge on any atom is -0.369 e. The van der Waals surface area contributed by atoms with Gasteiger partial charge in [-0.25, -0.2) is 10.1 Å². The number of piperazine rings is 1. The van der Waals surface area contributed by atoms with Gasteiger partial charge in [0.15, 0.2) is 6.19 Å². The standard InChI is InChI=1S/C18H25N5O/c19-14-20-18(24)21-15-6-8-17(9-7-15)23-12-10-22(11-13-23)16-4-2-1-3-5-16/h6-9,16H,1-5,10-13H2,(H2,20,21,24). The number of nitrogens with zero attached hydrogens (tertiary/aromatic N) is 3. The van der Waals surface area contributed by atoms with Crippen LogP contribution in [0.15, 0.2) is 24.3 Å². The summed E-state index contributed by atoms with van der Waals surface area (Å²) < 4.78 is 0. The number of carbonyl (C=O) groups is 1. The molecule has 6 heteroatoms. The maximum atomic E-state index is 11.3. The van der Waals surface area contributed by atoms with E-state index in [4.69, 9.17) is 5.26 Å². The Kier molecular flexibility index (Phi) is 5.55. The quantitative estimate of drug-likeness (QED) is 0.661. The van der Waals surface area contributed by atoms with E-state index in [0.29, 0.717) is 5.69 Å². The lowest BCUT2D eigenvalue weighted by Gasteiger charge is -2.41. The number of nitrogens with one attached hydrogen (secondary N) is 2. The molecule has 1 saturated carbocycles. The van der Waals surface area contributed by atoms with Crippen molar-refractivity contribution in [1.29, 1.82) is 5.26 Å². The first-order valence-corrected chi connectivity index (χ1v) is 8.81. The molecule has 1 saturated heterocycles. The van der Waals surface area contributed by atoms with Crippen LogP contribution in [0.4, 0.5) is 16.2 Å². The average molecular weight is 327 g/mol. The minimum absolute atomic E-state index is 0.508. The fraction of sp³-hybridized carbons (Fsp3) is 0.556. The molecular weight excluding hydrogens is 302 g/mol. The van der Waals surface area contributed by atoms with Gasteiger partial charge in [-0.3, -0.25) is 4.90 Å². The molecule has 0 bridgehead atoms. The van der Waals surface area contributed by atoms with Crippen LogP contribution in [0.3, 0.4) is 0 Å². The van der Waals surface area contributed by atoms with Gasteiger partial charge in [-0.05, 0) is 37.1 Å². The molecule has 2 fully saturated rings. The zero-order chi connectivity index (χ0) is 16.8. The topological polar surface area (TPSA) is 71.4 Å². The number of urea groups is 1. The highest BCUT2D eigenvalue weighted by atomic mass is 16.2. The lowest BCUT2D eigenvalue weighted by molar-refractivity contribution is 0.148. The number of carbonyl (C=O) groups excluding carboxylic acids is 1. The molecule has 1 heterocycles. The van der Waals surface area contributed by atoms with Gasteiger partial charge in [-0.1, -0.05) is 19.3 Å². The molecule has 2 amide bonds. The molecule has 2 N–H and O–H groups in total. The van der Waals surface area contributed by atoms with Crippen LogP contribution in [-0.4, -0.2) is 43.2 Å². The summed E-state index contributed by atoms with van der Waals surface area (Å²) in [4.78, 5) is 16.4. The molecule has 0 aromatic heterocycles. The van der Waals surface area contributed by atoms with E-state index in [9.17, 15) is 4.79 Å². The van der Waals surface area contributed by atoms with Crippen LogP contribution in [0, 0.1) is 11.5 Å². The van der Waals surface area contributed by atoms with E-state index >= 15 is 0 Å². The third kappa shape index (κ3) is 4.18. The molecule has 1 aromatic rings. The predicted molar refractivity (Wildman–Crippen MR) is 94.9 cm³/mol. The van der Waals surface area contributed by atoms with Gasteiger partial charge in [0.25, 0.3) is 0 Å². The van der Waals surface area contributed by atoms with Crippen LogP contribution in [0.2, 0.25) is 0 Å². The SMILES string of the molecule is N#CNC(=O)Nc1ccc(N2CCN(C3CCCCC3)CC2)cc1. The monoisotopic (exact) mass is 327 g/mol. The van der Waals surface area contributed by atoms with E-state index in [-0.39, 0.29) is 0 Å². The summed E-state index contributed by atoms with van der Waals surface area (Å²) in [5.41, 5.74) is 1.87. The smallest absolute Gasteiger partial charge is 0.332 e. The van der Waals surface area contributed by atoms with Gasteiger partial charge in [-0.2, -0.15) is 5.26 Å². The van der Waals surface area contributed by atoms with Crippen molar-refractivity contribution in [2.45, 2.75) is 38.1 Å². The van der Waals surface area contributed by atoms with E-state index in [0.717, 1.165) is 32.2 Å². The fourth-order valence-corrected chi connectivity index (χ4v) is 3.76. The van der Waals surface area contributed by atoms with E-state index in [1.807, 2.05) is 29.6 Å². The van der Waals surface area contributed by atoms with Crippen LogP contribution in [0.5, 0.6) is 0 Å². The van der Waals surface area contributed by atoms with E-state index < -0.39 is 6.03 Å². The first-order valence-electron chi connectivity index (χ1n) is 8.81. The minimum atomic E-state index is -0.508. The van der Waals surface area contributed by atoms with Crippen LogP contribution in [-0.2, 0) is 0 Å². The number of anilines is 2. The molecule has 24 heavy (non-hydrogen) atoms. The first kappa shape index (κ1) is 16.6. The molecule has 128 valence electrons. The van der Waals surface area contributed by atoms with Crippen molar-refractivity contribution in [1.82, 2.24) is 10.2 Å². The molecular formula is C18H25N5O. The molecule has 1 aromatic carbocycles. The Labute approximate surface area is 143 Å². The van der Waals surface area contributed by atoms with Crippen molar-refractivity contribution in [3.8, 4) is 6.19 Å². The highest BCUT2D eigenvalue weighted by Gasteiger charge is 2.25. The van der Waals surface area contributed by atoms with Gasteiger partial charge in [-0.15, -0.1) is 0 Å². The Hall–Kier alpha value is -2.26. The lowest BCUT2D eigenvalue weighted by Crippen LogP contribution is -2.50. The van der Waals surface area contributed by atoms with Crippen molar-refractivity contribution < 1.29 is 4.79 Å². The summed E-state index contributed by atoms with van der Waals surface area (Å²) in [6, 6.07) is 8.09. The van der Waals surface area contributed by atoms with Crippen LogP contribution in [0.1, 0.15) is 32.1 Å². The second-order valence-corrected chi connectivity index (χ2v) is 6.55. The second kappa shape index (κ2) is 8.02. The molecule has 6 nitrogen and oxygen atoms in total. The fourth-order valence-electron chi connectivity index (χ4n) is 3.76. The van der Waals surface area contributed by atoms with E-state index in [2.05, 4.69) is 15.1 Å². The van der Waals surface area contributed by atoms with Crippen LogP contribution >= 0.6 is 0 Å². The average Bonchev–Trinajstić information content (AvgIpc) is 2.63. The number of hydrogen-bond donors (Lipinski definition) is 2. The van der Waals surface area contributed by atoms with Gasteiger partial charge in [0.05, 0.1) is 0 Å². The maximum absolute atomic E-state index is 11.3. The molecule has 0 atom stereocenters. The summed E-state index contributed by atoms with van der Waals surface area (Å²) in [5.74, 6) is 0. The number of hydrogen-bond acceptors (Lipinski definition) is 4. The lowest BCUT2D eigenvalue weighted by atomic mass is 9.94. The molecule has 0 spiro atoms. The highest BCUT2D eigenvalue weighted by Crippen LogP contribution is 2.25. The summed E-state index contributed by atoms with van der Waals surface area (Å²) >= 11 is 0. The third-order valence-corrected chi connectivity index (χ3v) is 5.07. The summed E-state index contributed by atoms with van der Waals surface area (Å²) in [5, 5.41) is 13.1. The molecule has 0 radical (unpaired) electrons. The summed E-state index contributed by atoms with van der Waals surface area (Å²) in [6.45, 7) is 4.38. The predicted octanol–water partition coefficient (Wildman–Crippen LogP) is 2.74. The highest BCUT2D eigenvalue weighted by molar-refractivity contribution is 5.90. The van der Waals surface area contributed by atoms with Crippen molar-refractivity contribution in [2.24, 2.45) is 0 Å². The molecule has 1 aliphatic heterocycles. The van der Waals surface area contributed by atoms with Crippen molar-refractivity contribution in [2.75, 3.05) is 36.4 Å². The first-order chi connectivity index (χ1) is 11.8. The Morgan fingerprint density at radius 3 is 2.33 bits per heavy atom. The van der Waals surface area contributed by atoms with Crippen molar-refractivity contribution in [3.63, 3.8) is 0 Å². The zero-order valence-corrected chi connectivity index (χ0v) is 14.0. The van der Waals surface area contributed by atoms with E-state index in [1.54, 1.807) is 6.19 Å². The molecule has 3 rings (SSSR count). The maximum Gasteiger partial charge on any atom is 0.332 e. The van der Waals surface area contributed by atoms with E-state index in [1.165, 1.54) is 37.8 Å². The normalized spacial score (nSPS) is 19.5. The Bertz CT molecular complexity index is 580. The van der Waals surface area contributed by atoms with Crippen molar-refractivity contribution in [3.05, 3.63) is 24.3 Å². The third-order valence-electron chi connectivity index (χ3n) is 5.07. The van der Waals surface area contributed by atoms with Crippen LogP contribution in [0.25, 0.3) is 0 Å². The molecule has 0 unspecified atom stereocenters. The Morgan fingerprint density at radius 2 is 1.71 bits per heavy atom. The summed E-state index contributed by atoms with van der Waals surface area (Å²) in [6.07, 6.45) is 8.52. The number of nitriles is 1. The number of benzene rings is 1. The van der Waals surface area contributed by atoms with Gasteiger partial charge in [0.1, 0.15) is 0 Å². The Balaban J connectivity index is 1.51. The molecule has 2 aliphatic rings. The van der Waals surface area contributed by atoms with Crippen LogP contribution < -0.4 is 15.5 Å². The van der Waals surface area contributed by atoms with Gasteiger partial charge >= 0.3 is 6.03 Å². The van der Waals surface area contributed by atoms with Crippen molar-refractivity contribution >= 4 is 17.4 Å². The van der Waals surface area contributed by atoms with Gasteiger partial charge in [0, 0.05) is 43.6 Å². The summed E-state index contributed by atoms with van der Waals surface area (Å²) in [7, 11) is 0. The Morgan fingerprint density at radius 1 is 1.04 bits per heavy atom. The number of amides is 2.